The Bertz CT molecular complexity index is 481. The highest BCUT2D eigenvalue weighted by atomic mass is 35.5. The first kappa shape index (κ1) is 15.7. The predicted molar refractivity (Wildman–Crippen MR) is 72.3 cm³/mol. The van der Waals surface area contributed by atoms with E-state index in [4.69, 9.17) is 0 Å². The molecule has 0 radical (unpaired) electrons. The molecule has 0 aliphatic carbocycles. The van der Waals surface area contributed by atoms with Gasteiger partial charge in [-0.3, -0.25) is 4.79 Å². The van der Waals surface area contributed by atoms with Crippen LogP contribution in [0.15, 0.2) is 24.3 Å². The lowest BCUT2D eigenvalue weighted by Gasteiger charge is -2.37. The molecule has 1 heterocycles. The molecule has 0 amide bonds. The van der Waals surface area contributed by atoms with Crippen molar-refractivity contribution in [2.24, 2.45) is 5.41 Å². The number of Topliss-reactive ketones (excluding diaryl/α,β-unsaturated/α-hetero) is 1. The Balaban J connectivity index is 0.00000180. The van der Waals surface area contributed by atoms with Crippen LogP contribution < -0.4 is 10.4 Å². The van der Waals surface area contributed by atoms with Gasteiger partial charge in [0.1, 0.15) is 0 Å². The van der Waals surface area contributed by atoms with Gasteiger partial charge >= 0.3 is 0 Å². The first-order valence-corrected chi connectivity index (χ1v) is 6.10. The van der Waals surface area contributed by atoms with Crippen molar-refractivity contribution in [3.05, 3.63) is 35.4 Å². The summed E-state index contributed by atoms with van der Waals surface area (Å²) in [6.45, 7) is 2.95. The van der Waals surface area contributed by atoms with E-state index in [2.05, 4.69) is 5.32 Å². The molecule has 19 heavy (non-hydrogen) atoms. The first-order valence-electron chi connectivity index (χ1n) is 6.10. The second kappa shape index (κ2) is 6.17. The Labute approximate surface area is 118 Å². The molecule has 0 saturated carbocycles. The van der Waals surface area contributed by atoms with Crippen molar-refractivity contribution in [1.29, 1.82) is 0 Å². The maximum atomic E-state index is 12.5. The molecule has 0 unspecified atom stereocenters. The van der Waals surface area contributed by atoms with E-state index in [1.54, 1.807) is 18.2 Å². The van der Waals surface area contributed by atoms with E-state index in [1.165, 1.54) is 0 Å². The number of hydrogen-bond acceptors (Lipinski definition) is 4. The van der Waals surface area contributed by atoms with Gasteiger partial charge in [0.2, 0.25) is 0 Å². The van der Waals surface area contributed by atoms with Crippen LogP contribution in [0.25, 0.3) is 0 Å². The molecule has 0 aromatic heterocycles. The van der Waals surface area contributed by atoms with Crippen molar-refractivity contribution in [3.63, 3.8) is 0 Å². The summed E-state index contributed by atoms with van der Waals surface area (Å²) in [5, 5.41) is 14.5. The van der Waals surface area contributed by atoms with E-state index in [9.17, 15) is 14.7 Å². The number of hydrogen-bond donors (Lipinski definition) is 1. The highest BCUT2D eigenvalue weighted by molar-refractivity contribution is 6.11. The Hall–Kier alpha value is -1.39. The van der Waals surface area contributed by atoms with Crippen molar-refractivity contribution < 1.29 is 14.7 Å². The van der Waals surface area contributed by atoms with Crippen LogP contribution >= 0.6 is 12.4 Å². The molecule has 4 nitrogen and oxygen atoms in total. The minimum Gasteiger partial charge on any atom is -0.549 e. The maximum absolute atomic E-state index is 12.5. The van der Waals surface area contributed by atoms with E-state index >= 15 is 0 Å². The number of halogens is 1. The molecular weight excluding hydrogens is 266 g/mol. The number of ketones is 1. The normalized spacial score (nSPS) is 17.3. The summed E-state index contributed by atoms with van der Waals surface area (Å²) in [6, 6.07) is 7.05. The van der Waals surface area contributed by atoms with E-state index in [0.29, 0.717) is 31.5 Å². The van der Waals surface area contributed by atoms with Crippen LogP contribution in [0.5, 0.6) is 0 Å². The number of aryl methyl sites for hydroxylation is 1. The smallest absolute Gasteiger partial charge is 0.174 e. The standard InChI is InChI=1S/C14H17NO3.ClH/c1-10-3-2-4-11(9-10)12(16)14(13(17)18)5-7-15-8-6-14;/h2-4,9,15H,5-8H2,1H3,(H,17,18);1H/p-1. The van der Waals surface area contributed by atoms with Crippen LogP contribution in [0.4, 0.5) is 0 Å². The number of nitrogens with one attached hydrogen (secondary N) is 1. The van der Waals surface area contributed by atoms with Gasteiger partial charge in [-0.05, 0) is 38.9 Å². The summed E-state index contributed by atoms with van der Waals surface area (Å²) in [7, 11) is 0. The SMILES string of the molecule is Cc1cccc(C(=O)C2(C(=O)[O-])CCNCC2)c1.Cl. The van der Waals surface area contributed by atoms with E-state index in [0.717, 1.165) is 5.56 Å². The van der Waals surface area contributed by atoms with Crippen LogP contribution in [0.2, 0.25) is 0 Å². The average Bonchev–Trinajstić information content (AvgIpc) is 2.38. The highest BCUT2D eigenvalue weighted by Gasteiger charge is 2.41. The predicted octanol–water partition coefficient (Wildman–Crippen LogP) is 0.719. The first-order chi connectivity index (χ1) is 8.56. The minimum atomic E-state index is -1.36. The topological polar surface area (TPSA) is 69.2 Å². The monoisotopic (exact) mass is 282 g/mol. The number of carbonyl (C=O) groups is 2. The molecule has 5 heteroatoms. The molecule has 0 bridgehead atoms. The second-order valence-electron chi connectivity index (χ2n) is 4.82. The van der Waals surface area contributed by atoms with Crippen LogP contribution in [0.3, 0.4) is 0 Å². The van der Waals surface area contributed by atoms with Crippen LogP contribution in [-0.4, -0.2) is 24.8 Å². The lowest BCUT2D eigenvalue weighted by molar-refractivity contribution is -0.316. The number of rotatable bonds is 3. The van der Waals surface area contributed by atoms with E-state index in [1.807, 2.05) is 13.0 Å². The van der Waals surface area contributed by atoms with Crippen LogP contribution in [0.1, 0.15) is 28.8 Å². The van der Waals surface area contributed by atoms with Gasteiger partial charge in [0.05, 0.1) is 11.4 Å². The zero-order chi connectivity index (χ0) is 13.2. The number of aliphatic carboxylic acids is 1. The summed E-state index contributed by atoms with van der Waals surface area (Å²) in [4.78, 5) is 23.9. The van der Waals surface area contributed by atoms with Gasteiger partial charge in [0.25, 0.3) is 0 Å². The van der Waals surface area contributed by atoms with Gasteiger partial charge < -0.3 is 15.2 Å². The number of benzene rings is 1. The third kappa shape index (κ3) is 2.96. The van der Waals surface area contributed by atoms with Crippen LogP contribution in [0, 0.1) is 12.3 Å². The molecule has 0 atom stereocenters. The van der Waals surface area contributed by atoms with Gasteiger partial charge in [0.15, 0.2) is 5.78 Å². The number of piperidine rings is 1. The number of carbonyl (C=O) groups excluding carboxylic acids is 2. The Kier molecular flexibility index (Phi) is 5.09. The Morgan fingerprint density at radius 1 is 1.26 bits per heavy atom. The molecule has 104 valence electrons. The van der Waals surface area contributed by atoms with Crippen molar-refractivity contribution >= 4 is 24.2 Å². The molecule has 1 aliphatic heterocycles. The molecule has 1 N–H and O–H groups in total. The third-order valence-corrected chi connectivity index (χ3v) is 3.56. The highest BCUT2D eigenvalue weighted by Crippen LogP contribution is 2.32. The minimum absolute atomic E-state index is 0. The summed E-state index contributed by atoms with van der Waals surface area (Å²) in [6.07, 6.45) is 0.588. The zero-order valence-electron chi connectivity index (χ0n) is 10.8. The second-order valence-corrected chi connectivity index (χ2v) is 4.82. The van der Waals surface area contributed by atoms with Gasteiger partial charge in [-0.25, -0.2) is 0 Å². The van der Waals surface area contributed by atoms with E-state index in [-0.39, 0.29) is 18.2 Å². The summed E-state index contributed by atoms with van der Waals surface area (Å²) >= 11 is 0. The lowest BCUT2D eigenvalue weighted by Crippen LogP contribution is -2.53. The molecule has 1 aromatic carbocycles. The summed E-state index contributed by atoms with van der Waals surface area (Å²) < 4.78 is 0. The van der Waals surface area contributed by atoms with Crippen molar-refractivity contribution in [2.45, 2.75) is 19.8 Å². The Morgan fingerprint density at radius 3 is 2.42 bits per heavy atom. The molecule has 1 fully saturated rings. The van der Waals surface area contributed by atoms with Crippen molar-refractivity contribution in [2.75, 3.05) is 13.1 Å². The fraction of sp³-hybridized carbons (Fsp3) is 0.429. The zero-order valence-corrected chi connectivity index (χ0v) is 11.6. The van der Waals surface area contributed by atoms with Crippen molar-refractivity contribution in [1.82, 2.24) is 5.32 Å². The lowest BCUT2D eigenvalue weighted by atomic mass is 9.73. The molecule has 1 aliphatic rings. The molecular formula is C14H17ClNO3-. The third-order valence-electron chi connectivity index (χ3n) is 3.56. The maximum Gasteiger partial charge on any atom is 0.174 e. The van der Waals surface area contributed by atoms with Crippen molar-refractivity contribution in [3.8, 4) is 0 Å². The molecule has 1 saturated heterocycles. The average molecular weight is 283 g/mol. The Morgan fingerprint density at radius 2 is 1.89 bits per heavy atom. The fourth-order valence-electron chi connectivity index (χ4n) is 2.44. The van der Waals surface area contributed by atoms with Gasteiger partial charge in [-0.2, -0.15) is 0 Å². The molecule has 2 rings (SSSR count). The quantitative estimate of drug-likeness (QED) is 0.655. The molecule has 1 aromatic rings. The van der Waals surface area contributed by atoms with Crippen LogP contribution in [-0.2, 0) is 4.79 Å². The number of carboxylic acids is 1. The summed E-state index contributed by atoms with van der Waals surface area (Å²) in [5.41, 5.74) is 0.0448. The largest absolute Gasteiger partial charge is 0.549 e. The van der Waals surface area contributed by atoms with Gasteiger partial charge in [-0.1, -0.05) is 23.8 Å². The van der Waals surface area contributed by atoms with Gasteiger partial charge in [0, 0.05) is 5.56 Å². The fourth-order valence-corrected chi connectivity index (χ4v) is 2.44. The molecule has 0 spiro atoms. The summed E-state index contributed by atoms with van der Waals surface area (Å²) in [5.74, 6) is -1.58. The van der Waals surface area contributed by atoms with Gasteiger partial charge in [-0.15, -0.1) is 12.4 Å². The number of carboxylic acid groups (broad SMARTS) is 1. The van der Waals surface area contributed by atoms with E-state index < -0.39 is 11.4 Å².